The van der Waals surface area contributed by atoms with Crippen LogP contribution in [0.2, 0.25) is 0 Å². The molecule has 114 valence electrons. The first-order chi connectivity index (χ1) is 8.69. The molecule has 0 aliphatic heterocycles. The van der Waals surface area contributed by atoms with Gasteiger partial charge >= 0.3 is 0 Å². The third-order valence-electron chi connectivity index (χ3n) is 3.72. The van der Waals surface area contributed by atoms with Crippen LogP contribution in [-0.2, 0) is 9.53 Å². The average molecular weight is 293 g/mol. The Morgan fingerprint density at radius 3 is 2.68 bits per heavy atom. The van der Waals surface area contributed by atoms with Gasteiger partial charge in [-0.15, -0.1) is 12.4 Å². The van der Waals surface area contributed by atoms with Crippen molar-refractivity contribution < 1.29 is 9.53 Å². The second kappa shape index (κ2) is 10.5. The van der Waals surface area contributed by atoms with Crippen LogP contribution in [0.5, 0.6) is 0 Å². The Kier molecular flexibility index (Phi) is 10.3. The molecule has 1 amide bonds. The fourth-order valence-electron chi connectivity index (χ4n) is 2.59. The molecule has 1 saturated carbocycles. The van der Waals surface area contributed by atoms with Crippen molar-refractivity contribution in [2.24, 2.45) is 11.7 Å². The zero-order chi connectivity index (χ0) is 13.4. The van der Waals surface area contributed by atoms with Crippen LogP contribution in [0.25, 0.3) is 0 Å². The van der Waals surface area contributed by atoms with E-state index in [0.717, 1.165) is 45.1 Å². The number of halogens is 1. The minimum atomic E-state index is 0. The van der Waals surface area contributed by atoms with E-state index in [-0.39, 0.29) is 30.3 Å². The van der Waals surface area contributed by atoms with Gasteiger partial charge in [-0.25, -0.2) is 0 Å². The molecular weight excluding hydrogens is 264 g/mol. The maximum absolute atomic E-state index is 12.5. The molecular formula is C14H29ClN2O2. The van der Waals surface area contributed by atoms with Crippen LogP contribution in [0.15, 0.2) is 0 Å². The molecule has 5 heteroatoms. The number of amides is 1. The number of carbonyl (C=O) groups excluding carboxylic acids is 1. The van der Waals surface area contributed by atoms with E-state index < -0.39 is 0 Å². The van der Waals surface area contributed by atoms with E-state index in [1.807, 2.05) is 4.90 Å². The van der Waals surface area contributed by atoms with Crippen molar-refractivity contribution in [3.63, 3.8) is 0 Å². The maximum Gasteiger partial charge on any atom is 0.225 e. The lowest BCUT2D eigenvalue weighted by Gasteiger charge is -2.31. The van der Waals surface area contributed by atoms with E-state index in [4.69, 9.17) is 10.5 Å². The smallest absolute Gasteiger partial charge is 0.225 e. The van der Waals surface area contributed by atoms with E-state index >= 15 is 0 Å². The molecule has 1 aliphatic carbocycles. The number of nitrogens with two attached hydrogens (primary N) is 1. The molecule has 0 spiro atoms. The zero-order valence-electron chi connectivity index (χ0n) is 12.3. The Labute approximate surface area is 123 Å². The van der Waals surface area contributed by atoms with Crippen LogP contribution in [0, 0.1) is 5.92 Å². The quantitative estimate of drug-likeness (QED) is 0.783. The summed E-state index contributed by atoms with van der Waals surface area (Å²) in [6.45, 7) is 4.33. The van der Waals surface area contributed by atoms with E-state index in [1.165, 1.54) is 0 Å². The highest BCUT2D eigenvalue weighted by Crippen LogP contribution is 2.25. The molecule has 0 bridgehead atoms. The Morgan fingerprint density at radius 2 is 2.11 bits per heavy atom. The predicted molar refractivity (Wildman–Crippen MR) is 80.5 cm³/mol. The lowest BCUT2D eigenvalue weighted by atomic mass is 9.85. The summed E-state index contributed by atoms with van der Waals surface area (Å²) in [7, 11) is 1.68. The second-order valence-electron chi connectivity index (χ2n) is 5.30. The molecule has 0 radical (unpaired) electrons. The Bertz CT molecular complexity index is 244. The number of unbranched alkanes of at least 4 members (excludes halogenated alkanes) is 1. The van der Waals surface area contributed by atoms with Crippen molar-refractivity contribution in [2.75, 3.05) is 26.8 Å². The van der Waals surface area contributed by atoms with Crippen LogP contribution in [0.3, 0.4) is 0 Å². The topological polar surface area (TPSA) is 55.6 Å². The summed E-state index contributed by atoms with van der Waals surface area (Å²) in [5.74, 6) is 0.429. The number of carbonyl (C=O) groups is 1. The van der Waals surface area contributed by atoms with Crippen LogP contribution < -0.4 is 5.73 Å². The highest BCUT2D eigenvalue weighted by atomic mass is 35.5. The molecule has 2 atom stereocenters. The number of hydrogen-bond acceptors (Lipinski definition) is 3. The molecule has 0 aromatic rings. The molecule has 2 N–H and O–H groups in total. The minimum Gasteiger partial charge on any atom is -0.383 e. The van der Waals surface area contributed by atoms with Gasteiger partial charge in [-0.3, -0.25) is 4.79 Å². The van der Waals surface area contributed by atoms with Gasteiger partial charge in [0, 0.05) is 32.2 Å². The van der Waals surface area contributed by atoms with Crippen molar-refractivity contribution in [1.82, 2.24) is 4.90 Å². The van der Waals surface area contributed by atoms with Crippen LogP contribution >= 0.6 is 12.4 Å². The minimum absolute atomic E-state index is 0. The standard InChI is InChI=1S/C14H28N2O2.ClH/c1-3-4-8-16(9-10-18-2)14(17)12-6-5-7-13(15)11-12;/h12-13H,3-11,15H2,1-2H3;1H. The highest BCUT2D eigenvalue weighted by Gasteiger charge is 2.28. The molecule has 0 saturated heterocycles. The Hall–Kier alpha value is -0.320. The summed E-state index contributed by atoms with van der Waals surface area (Å²) < 4.78 is 5.09. The number of methoxy groups -OCH3 is 1. The van der Waals surface area contributed by atoms with Crippen LogP contribution in [-0.4, -0.2) is 43.7 Å². The van der Waals surface area contributed by atoms with E-state index in [1.54, 1.807) is 7.11 Å². The third-order valence-corrected chi connectivity index (χ3v) is 3.72. The normalized spacial score (nSPS) is 22.7. The SMILES string of the molecule is CCCCN(CCOC)C(=O)C1CCCC(N)C1.Cl. The first kappa shape index (κ1) is 18.7. The Balaban J connectivity index is 0.00000324. The number of hydrogen-bond donors (Lipinski definition) is 1. The van der Waals surface area contributed by atoms with Gasteiger partial charge in [0.1, 0.15) is 0 Å². The van der Waals surface area contributed by atoms with Gasteiger partial charge in [0.15, 0.2) is 0 Å². The summed E-state index contributed by atoms with van der Waals surface area (Å²) in [5.41, 5.74) is 5.97. The van der Waals surface area contributed by atoms with Gasteiger partial charge in [0.05, 0.1) is 6.61 Å². The van der Waals surface area contributed by atoms with Crippen molar-refractivity contribution in [3.05, 3.63) is 0 Å². The number of nitrogens with zero attached hydrogens (tertiary/aromatic N) is 1. The molecule has 0 heterocycles. The van der Waals surface area contributed by atoms with Gasteiger partial charge in [-0.1, -0.05) is 19.8 Å². The molecule has 1 rings (SSSR count). The van der Waals surface area contributed by atoms with Gasteiger partial charge in [0.25, 0.3) is 0 Å². The molecule has 0 aromatic carbocycles. The lowest BCUT2D eigenvalue weighted by molar-refractivity contribution is -0.137. The molecule has 4 nitrogen and oxygen atoms in total. The van der Waals surface area contributed by atoms with E-state index in [2.05, 4.69) is 6.92 Å². The summed E-state index contributed by atoms with van der Waals surface area (Å²) in [5, 5.41) is 0. The van der Waals surface area contributed by atoms with Crippen molar-refractivity contribution >= 4 is 18.3 Å². The van der Waals surface area contributed by atoms with Gasteiger partial charge in [-0.05, 0) is 25.7 Å². The van der Waals surface area contributed by atoms with E-state index in [9.17, 15) is 4.79 Å². The monoisotopic (exact) mass is 292 g/mol. The summed E-state index contributed by atoms with van der Waals surface area (Å²) >= 11 is 0. The molecule has 0 aromatic heterocycles. The molecule has 1 aliphatic rings. The molecule has 19 heavy (non-hydrogen) atoms. The van der Waals surface area contributed by atoms with E-state index in [0.29, 0.717) is 13.2 Å². The van der Waals surface area contributed by atoms with Crippen LogP contribution in [0.1, 0.15) is 45.4 Å². The third kappa shape index (κ3) is 6.59. The van der Waals surface area contributed by atoms with Crippen molar-refractivity contribution in [1.29, 1.82) is 0 Å². The first-order valence-corrected chi connectivity index (χ1v) is 7.22. The highest BCUT2D eigenvalue weighted by molar-refractivity contribution is 5.85. The van der Waals surface area contributed by atoms with Crippen LogP contribution in [0.4, 0.5) is 0 Å². The fourth-order valence-corrected chi connectivity index (χ4v) is 2.59. The van der Waals surface area contributed by atoms with Crippen molar-refractivity contribution in [3.8, 4) is 0 Å². The second-order valence-corrected chi connectivity index (χ2v) is 5.30. The summed E-state index contributed by atoms with van der Waals surface area (Å²) in [4.78, 5) is 14.4. The summed E-state index contributed by atoms with van der Waals surface area (Å²) in [6.07, 6.45) is 6.19. The largest absolute Gasteiger partial charge is 0.383 e. The van der Waals surface area contributed by atoms with Crippen molar-refractivity contribution in [2.45, 2.75) is 51.5 Å². The first-order valence-electron chi connectivity index (χ1n) is 7.22. The maximum atomic E-state index is 12.5. The molecule has 2 unspecified atom stereocenters. The lowest BCUT2D eigenvalue weighted by Crippen LogP contribution is -2.42. The van der Waals surface area contributed by atoms with Gasteiger partial charge < -0.3 is 15.4 Å². The number of rotatable bonds is 7. The zero-order valence-corrected chi connectivity index (χ0v) is 13.1. The van der Waals surface area contributed by atoms with Gasteiger partial charge in [-0.2, -0.15) is 0 Å². The van der Waals surface area contributed by atoms with Gasteiger partial charge in [0.2, 0.25) is 5.91 Å². The molecule has 1 fully saturated rings. The average Bonchev–Trinajstić information content (AvgIpc) is 2.38. The number of ether oxygens (including phenoxy) is 1. The predicted octanol–water partition coefficient (Wildman–Crippen LogP) is 2.20. The Morgan fingerprint density at radius 1 is 1.37 bits per heavy atom. The summed E-state index contributed by atoms with van der Waals surface area (Å²) in [6, 6.07) is 0.211. The fraction of sp³-hybridized carbons (Fsp3) is 0.929.